The van der Waals surface area contributed by atoms with Gasteiger partial charge in [0.15, 0.2) is 0 Å². The number of nitrogens with zero attached hydrogens (tertiary/aromatic N) is 4. The quantitative estimate of drug-likeness (QED) is 0.332. The number of hydrogen-bond acceptors (Lipinski definition) is 4. The third-order valence-corrected chi connectivity index (χ3v) is 7.60. The van der Waals surface area contributed by atoms with E-state index in [1.807, 2.05) is 0 Å². The SMILES string of the molecule is N#Cc1ccc(-n2c(O)c3n(c2=O)[C@H]2C[C@@H]3N(C(=O)C(F)(F)C(F)(F)C(F)(F)C(F)(F)C(F)(F)C(F)(F)C(F)(F)F)C2)cc1C(F)(F)F. The number of halogens is 18. The number of nitriles is 1. The van der Waals surface area contributed by atoms with Crippen LogP contribution in [0.1, 0.15) is 35.3 Å². The van der Waals surface area contributed by atoms with Gasteiger partial charge in [0.25, 0.3) is 0 Å². The summed E-state index contributed by atoms with van der Waals surface area (Å²) in [5.41, 5.74) is -6.03. The van der Waals surface area contributed by atoms with Gasteiger partial charge in [-0.05, 0) is 24.6 Å². The van der Waals surface area contributed by atoms with E-state index in [2.05, 4.69) is 0 Å². The number of likely N-dealkylation sites (tertiary alicyclic amines) is 1. The van der Waals surface area contributed by atoms with Crippen molar-refractivity contribution in [1.82, 2.24) is 14.0 Å². The van der Waals surface area contributed by atoms with Gasteiger partial charge in [-0.3, -0.25) is 9.36 Å². The number of alkyl halides is 18. The standard InChI is InChI=1S/C23H10F18N4O3/c24-16(25,18(29,30)19(31,32)20(33,34)21(35,36)22(37,38)23(39,40)41)14(47)43-6-9-4-11(43)12-13(46)45(15(48)44(9)12)8-2-1-7(5-42)10(3-8)17(26,27)28/h1-3,9,11,46H,4,6H2/t9-,11-/m0/s1. The number of benzene rings is 1. The highest BCUT2D eigenvalue weighted by molar-refractivity contribution is 5.86. The van der Waals surface area contributed by atoms with E-state index >= 15 is 0 Å². The van der Waals surface area contributed by atoms with Gasteiger partial charge in [-0.25, -0.2) is 9.36 Å². The molecule has 2 atom stereocenters. The van der Waals surface area contributed by atoms with E-state index in [9.17, 15) is 93.7 Å². The van der Waals surface area contributed by atoms with Gasteiger partial charge in [-0.2, -0.15) is 84.3 Å². The van der Waals surface area contributed by atoms with Crippen molar-refractivity contribution in [2.24, 2.45) is 0 Å². The fourth-order valence-electron chi connectivity index (χ4n) is 5.19. The van der Waals surface area contributed by atoms with Crippen LogP contribution in [0.25, 0.3) is 5.69 Å². The predicted molar refractivity (Wildman–Crippen MR) is 115 cm³/mol. The molecule has 0 saturated carbocycles. The molecule has 0 unspecified atom stereocenters. The maximum Gasteiger partial charge on any atom is 0.460 e. The summed E-state index contributed by atoms with van der Waals surface area (Å²) in [6.07, 6.45) is -13.9. The maximum absolute atomic E-state index is 14.7. The van der Waals surface area contributed by atoms with Gasteiger partial charge in [0.05, 0.1) is 35.0 Å². The van der Waals surface area contributed by atoms with E-state index in [0.717, 1.165) is 0 Å². The zero-order valence-corrected chi connectivity index (χ0v) is 22.2. The van der Waals surface area contributed by atoms with Gasteiger partial charge < -0.3 is 10.0 Å². The normalized spacial score (nSPS) is 19.5. The number of aromatic nitrogens is 2. The van der Waals surface area contributed by atoms with E-state index in [1.165, 1.54) is 6.07 Å². The van der Waals surface area contributed by atoms with E-state index in [1.54, 1.807) is 0 Å². The molecular formula is C23H10F18N4O3. The summed E-state index contributed by atoms with van der Waals surface area (Å²) in [6.45, 7) is -1.41. The van der Waals surface area contributed by atoms with Crippen molar-refractivity contribution in [3.05, 3.63) is 45.5 Å². The van der Waals surface area contributed by atoms with Crippen LogP contribution in [0, 0.1) is 11.3 Å². The van der Waals surface area contributed by atoms with Crippen molar-refractivity contribution in [3.8, 4) is 17.6 Å². The average Bonchev–Trinajstić information content (AvgIpc) is 3.61. The van der Waals surface area contributed by atoms with Crippen LogP contribution < -0.4 is 5.69 Å². The molecule has 2 aromatic rings. The van der Waals surface area contributed by atoms with Gasteiger partial charge >= 0.3 is 59.5 Å². The van der Waals surface area contributed by atoms with E-state index in [4.69, 9.17) is 5.26 Å². The summed E-state index contributed by atoms with van der Waals surface area (Å²) >= 11 is 0. The number of carbonyl (C=O) groups is 1. The van der Waals surface area contributed by atoms with E-state index in [0.29, 0.717) is 16.7 Å². The molecule has 25 heteroatoms. The number of rotatable bonds is 7. The monoisotopic (exact) mass is 732 g/mol. The largest absolute Gasteiger partial charge is 0.493 e. The lowest BCUT2D eigenvalue weighted by atomic mass is 9.90. The van der Waals surface area contributed by atoms with Crippen molar-refractivity contribution in [1.29, 1.82) is 5.26 Å². The molecule has 1 N–H and O–H groups in total. The van der Waals surface area contributed by atoms with Crippen LogP contribution in [0.15, 0.2) is 23.0 Å². The molecule has 4 rings (SSSR count). The first kappa shape index (κ1) is 36.6. The highest BCUT2D eigenvalue weighted by Gasteiger charge is 2.94. The highest BCUT2D eigenvalue weighted by Crippen LogP contribution is 2.63. The summed E-state index contributed by atoms with van der Waals surface area (Å²) in [5.74, 6) is -54.5. The van der Waals surface area contributed by atoms with Crippen LogP contribution in [0.3, 0.4) is 0 Å². The van der Waals surface area contributed by atoms with Crippen molar-refractivity contribution in [3.63, 3.8) is 0 Å². The third kappa shape index (κ3) is 4.45. The molecular weight excluding hydrogens is 722 g/mol. The molecule has 2 bridgehead atoms. The van der Waals surface area contributed by atoms with Crippen molar-refractivity contribution in [2.45, 2.75) is 66.4 Å². The number of imidazole rings is 1. The van der Waals surface area contributed by atoms with Crippen LogP contribution in [0.5, 0.6) is 5.88 Å². The smallest absolute Gasteiger partial charge is 0.460 e. The Morgan fingerprint density at radius 2 is 1.29 bits per heavy atom. The Balaban J connectivity index is 1.75. The first-order valence-electron chi connectivity index (χ1n) is 12.2. The van der Waals surface area contributed by atoms with Crippen molar-refractivity contribution >= 4 is 5.91 Å². The Hall–Kier alpha value is -4.27. The second-order valence-corrected chi connectivity index (χ2v) is 10.3. The molecule has 7 nitrogen and oxygen atoms in total. The van der Waals surface area contributed by atoms with Crippen LogP contribution >= 0.6 is 0 Å². The van der Waals surface area contributed by atoms with Gasteiger partial charge in [0, 0.05) is 6.54 Å². The molecule has 1 fully saturated rings. The third-order valence-electron chi connectivity index (χ3n) is 7.60. The molecule has 48 heavy (non-hydrogen) atoms. The maximum atomic E-state index is 14.7. The van der Waals surface area contributed by atoms with Gasteiger partial charge in [0.1, 0.15) is 5.69 Å². The molecule has 2 aliphatic heterocycles. The Bertz CT molecular complexity index is 1760. The van der Waals surface area contributed by atoms with E-state index < -0.39 is 118 Å². The van der Waals surface area contributed by atoms with Crippen molar-refractivity contribution < 1.29 is 88.9 Å². The van der Waals surface area contributed by atoms with Crippen LogP contribution in [0.2, 0.25) is 0 Å². The predicted octanol–water partition coefficient (Wildman–Crippen LogP) is 6.44. The Kier molecular flexibility index (Phi) is 7.71. The fraction of sp³-hybridized carbons (Fsp3) is 0.522. The zero-order valence-electron chi connectivity index (χ0n) is 22.2. The minimum Gasteiger partial charge on any atom is -0.493 e. The summed E-state index contributed by atoms with van der Waals surface area (Å²) in [7, 11) is 0. The first-order chi connectivity index (χ1) is 21.4. The Morgan fingerprint density at radius 3 is 1.77 bits per heavy atom. The molecule has 3 heterocycles. The van der Waals surface area contributed by atoms with Crippen LogP contribution in [0.4, 0.5) is 79.0 Å². The lowest BCUT2D eigenvalue weighted by molar-refractivity contribution is -0.450. The first-order valence-corrected chi connectivity index (χ1v) is 12.2. The van der Waals surface area contributed by atoms with Crippen LogP contribution in [-0.2, 0) is 11.0 Å². The number of amides is 1. The number of hydrogen-bond donors (Lipinski definition) is 1. The fourth-order valence-corrected chi connectivity index (χ4v) is 5.19. The lowest BCUT2D eigenvalue weighted by Crippen LogP contribution is -2.74. The topological polar surface area (TPSA) is 91.3 Å². The molecule has 0 spiro atoms. The second-order valence-electron chi connectivity index (χ2n) is 10.3. The summed E-state index contributed by atoms with van der Waals surface area (Å²) in [5, 5.41) is 19.5. The molecule has 1 amide bonds. The minimum absolute atomic E-state index is 0.0449. The molecule has 2 aliphatic rings. The highest BCUT2D eigenvalue weighted by atomic mass is 19.4. The van der Waals surface area contributed by atoms with Gasteiger partial charge in [-0.15, -0.1) is 0 Å². The number of carbonyl (C=O) groups excluding carboxylic acids is 1. The lowest BCUT2D eigenvalue weighted by Gasteiger charge is -2.42. The second kappa shape index (κ2) is 10.1. The Morgan fingerprint density at radius 1 is 0.792 bits per heavy atom. The molecule has 266 valence electrons. The Labute approximate surface area is 251 Å². The molecule has 1 saturated heterocycles. The van der Waals surface area contributed by atoms with Gasteiger partial charge in [-0.1, -0.05) is 0 Å². The summed E-state index contributed by atoms with van der Waals surface area (Å²) in [6, 6.07) is -1.46. The van der Waals surface area contributed by atoms with Gasteiger partial charge in [0.2, 0.25) is 5.88 Å². The number of aromatic hydroxyl groups is 1. The molecule has 1 aromatic carbocycles. The molecule has 0 radical (unpaired) electrons. The molecule has 0 aliphatic carbocycles. The van der Waals surface area contributed by atoms with E-state index in [-0.39, 0.29) is 10.6 Å². The minimum atomic E-state index is -8.64. The van der Waals surface area contributed by atoms with Crippen molar-refractivity contribution in [2.75, 3.05) is 6.54 Å². The number of fused-ring (bicyclic) bond motifs is 5. The van der Waals surface area contributed by atoms with Crippen LogP contribution in [-0.4, -0.2) is 73.3 Å². The summed E-state index contributed by atoms with van der Waals surface area (Å²) in [4.78, 5) is 24.8. The molecule has 1 aromatic heterocycles. The zero-order chi connectivity index (χ0) is 37.2. The average molecular weight is 732 g/mol. The summed E-state index contributed by atoms with van der Waals surface area (Å²) < 4.78 is 245.